The molecule has 1 aliphatic carbocycles. The van der Waals surface area contributed by atoms with Gasteiger partial charge in [0.15, 0.2) is 0 Å². The van der Waals surface area contributed by atoms with Crippen LogP contribution in [0.4, 0.5) is 0 Å². The Morgan fingerprint density at radius 2 is 1.16 bits per heavy atom. The second kappa shape index (κ2) is 7.36. The Hall–Kier alpha value is -3.88. The molecule has 0 saturated carbocycles. The van der Waals surface area contributed by atoms with E-state index in [1.165, 1.54) is 69.9 Å². The van der Waals surface area contributed by atoms with Gasteiger partial charge in [-0.3, -0.25) is 0 Å². The molecule has 184 valence electrons. The maximum absolute atomic E-state index is 2.47. The zero-order chi connectivity index (χ0) is 25.8. The first-order chi connectivity index (χ1) is 18.4. The predicted octanol–water partition coefficient (Wildman–Crippen LogP) is 10.4. The fourth-order valence-corrected chi connectivity index (χ4v) is 8.32. The van der Waals surface area contributed by atoms with Gasteiger partial charge in [0.05, 0.1) is 11.0 Å². The van der Waals surface area contributed by atoms with Gasteiger partial charge in [0.2, 0.25) is 0 Å². The largest absolute Gasteiger partial charge is 0.309 e. The van der Waals surface area contributed by atoms with Crippen LogP contribution < -0.4 is 0 Å². The smallest absolute Gasteiger partial charge is 0.0541 e. The van der Waals surface area contributed by atoms with Crippen molar-refractivity contribution < 1.29 is 0 Å². The first-order valence-corrected chi connectivity index (χ1v) is 14.3. The molecular weight excluding hydrogens is 478 g/mol. The van der Waals surface area contributed by atoms with E-state index in [9.17, 15) is 0 Å². The first kappa shape index (κ1) is 22.1. The highest BCUT2D eigenvalue weighted by Crippen LogP contribution is 2.57. The third-order valence-electron chi connectivity index (χ3n) is 9.54. The molecule has 0 N–H and O–H groups in total. The summed E-state index contributed by atoms with van der Waals surface area (Å²) in [6, 6.07) is 38.3. The Balaban J connectivity index is 1.44. The Bertz CT molecular complexity index is 2030. The normalized spacial score (nSPS) is 15.8. The van der Waals surface area contributed by atoms with Crippen LogP contribution in [0.25, 0.3) is 58.8 Å². The van der Waals surface area contributed by atoms with Gasteiger partial charge in [0.1, 0.15) is 0 Å². The molecule has 7 aromatic rings. The van der Waals surface area contributed by atoms with Crippen LogP contribution in [0.5, 0.6) is 0 Å². The molecular formula is C36H29NS. The van der Waals surface area contributed by atoms with E-state index in [0.29, 0.717) is 0 Å². The van der Waals surface area contributed by atoms with Crippen LogP contribution >= 0.6 is 11.3 Å². The molecule has 2 aromatic heterocycles. The fourth-order valence-electron chi connectivity index (χ4n) is 6.91. The van der Waals surface area contributed by atoms with Crippen LogP contribution in [0.2, 0.25) is 0 Å². The van der Waals surface area contributed by atoms with Crippen molar-refractivity contribution in [2.75, 3.05) is 0 Å². The van der Waals surface area contributed by atoms with E-state index in [4.69, 9.17) is 0 Å². The van der Waals surface area contributed by atoms with Gasteiger partial charge in [-0.2, -0.15) is 0 Å². The number of aromatic nitrogens is 1. The number of rotatable bonds is 1. The van der Waals surface area contributed by atoms with Crippen LogP contribution in [-0.2, 0) is 10.8 Å². The summed E-state index contributed by atoms with van der Waals surface area (Å²) in [5.41, 5.74) is 9.32. The molecule has 0 fully saturated rings. The number of fused-ring (bicyclic) bond motifs is 10. The number of nitrogens with zero attached hydrogens (tertiary/aromatic N) is 1. The van der Waals surface area contributed by atoms with Crippen molar-refractivity contribution >= 4 is 53.3 Å². The molecule has 0 amide bonds. The molecule has 0 spiro atoms. The molecule has 38 heavy (non-hydrogen) atoms. The van der Waals surface area contributed by atoms with Crippen molar-refractivity contribution in [3.8, 4) is 16.8 Å². The minimum atomic E-state index is -0.0610. The van der Waals surface area contributed by atoms with Gasteiger partial charge in [0.25, 0.3) is 0 Å². The van der Waals surface area contributed by atoms with Gasteiger partial charge < -0.3 is 4.57 Å². The lowest BCUT2D eigenvalue weighted by Crippen LogP contribution is -2.43. The highest BCUT2D eigenvalue weighted by Gasteiger charge is 2.47. The lowest BCUT2D eigenvalue weighted by Gasteiger charge is -2.48. The molecule has 1 aliphatic rings. The molecule has 0 atom stereocenters. The number of thiophene rings is 1. The van der Waals surface area contributed by atoms with E-state index in [2.05, 4.69) is 135 Å². The maximum atomic E-state index is 2.47. The van der Waals surface area contributed by atoms with Crippen molar-refractivity contribution in [3.63, 3.8) is 0 Å². The highest BCUT2D eigenvalue weighted by molar-refractivity contribution is 7.26. The molecule has 2 heterocycles. The van der Waals surface area contributed by atoms with E-state index < -0.39 is 0 Å². The number of hydrogen-bond donors (Lipinski definition) is 0. The number of benzene rings is 5. The zero-order valence-corrected chi connectivity index (χ0v) is 23.0. The van der Waals surface area contributed by atoms with Crippen LogP contribution in [0.1, 0.15) is 38.8 Å². The monoisotopic (exact) mass is 507 g/mol. The average Bonchev–Trinajstić information content (AvgIpc) is 3.47. The topological polar surface area (TPSA) is 4.93 Å². The van der Waals surface area contributed by atoms with Crippen molar-refractivity contribution in [1.82, 2.24) is 4.57 Å². The number of hydrogen-bond acceptors (Lipinski definition) is 1. The second-order valence-corrected chi connectivity index (χ2v) is 12.9. The van der Waals surface area contributed by atoms with Gasteiger partial charge in [-0.1, -0.05) is 100 Å². The van der Waals surface area contributed by atoms with Gasteiger partial charge in [-0.25, -0.2) is 0 Å². The van der Waals surface area contributed by atoms with Crippen molar-refractivity contribution in [2.45, 2.75) is 38.5 Å². The van der Waals surface area contributed by atoms with Gasteiger partial charge in [0, 0.05) is 42.0 Å². The lowest BCUT2D eigenvalue weighted by molar-refractivity contribution is 0.301. The SMILES string of the molecule is CC1(C)c2cc(-n3c4ccccc4c4ccccc43)ccc2-c2ccc3c(sc4ccccc43)c2C1(C)C. The van der Waals surface area contributed by atoms with Crippen LogP contribution in [0.15, 0.2) is 103 Å². The molecule has 8 rings (SSSR count). The summed E-state index contributed by atoms with van der Waals surface area (Å²) in [5, 5.41) is 5.37. The average molecular weight is 508 g/mol. The van der Waals surface area contributed by atoms with E-state index in [0.717, 1.165) is 0 Å². The maximum Gasteiger partial charge on any atom is 0.0541 e. The fraction of sp³-hybridized carbons (Fsp3) is 0.167. The van der Waals surface area contributed by atoms with Crippen LogP contribution in [0, 0.1) is 0 Å². The third-order valence-corrected chi connectivity index (χ3v) is 10.7. The first-order valence-electron chi connectivity index (χ1n) is 13.5. The lowest BCUT2D eigenvalue weighted by atomic mass is 9.55. The van der Waals surface area contributed by atoms with E-state index in [1.54, 1.807) is 0 Å². The Kier molecular flexibility index (Phi) is 4.29. The third kappa shape index (κ3) is 2.66. The van der Waals surface area contributed by atoms with E-state index in [-0.39, 0.29) is 10.8 Å². The van der Waals surface area contributed by atoms with E-state index >= 15 is 0 Å². The molecule has 0 aliphatic heterocycles. The van der Waals surface area contributed by atoms with Crippen molar-refractivity contribution in [2.24, 2.45) is 0 Å². The summed E-state index contributed by atoms with van der Waals surface area (Å²) in [7, 11) is 0. The zero-order valence-electron chi connectivity index (χ0n) is 22.2. The Morgan fingerprint density at radius 1 is 0.553 bits per heavy atom. The molecule has 0 bridgehead atoms. The van der Waals surface area contributed by atoms with Gasteiger partial charge in [-0.05, 0) is 58.0 Å². The van der Waals surface area contributed by atoms with Crippen LogP contribution in [0.3, 0.4) is 0 Å². The Morgan fingerprint density at radius 3 is 1.87 bits per heavy atom. The molecule has 0 saturated heterocycles. The Labute approximate surface area is 227 Å². The summed E-state index contributed by atoms with van der Waals surface area (Å²) in [4.78, 5) is 0. The molecule has 0 radical (unpaired) electrons. The van der Waals surface area contributed by atoms with E-state index in [1.807, 2.05) is 11.3 Å². The quantitative estimate of drug-likeness (QED) is 0.208. The minimum absolute atomic E-state index is 0.0465. The van der Waals surface area contributed by atoms with Gasteiger partial charge in [-0.15, -0.1) is 11.3 Å². The molecule has 0 unspecified atom stereocenters. The summed E-state index contributed by atoms with van der Waals surface area (Å²) >= 11 is 1.95. The highest BCUT2D eigenvalue weighted by atomic mass is 32.1. The number of para-hydroxylation sites is 2. The van der Waals surface area contributed by atoms with Crippen molar-refractivity contribution in [3.05, 3.63) is 114 Å². The molecule has 1 nitrogen and oxygen atoms in total. The van der Waals surface area contributed by atoms with Crippen molar-refractivity contribution in [1.29, 1.82) is 0 Å². The molecule has 2 heteroatoms. The van der Waals surface area contributed by atoms with Crippen LogP contribution in [-0.4, -0.2) is 4.57 Å². The van der Waals surface area contributed by atoms with Gasteiger partial charge >= 0.3 is 0 Å². The summed E-state index contributed by atoms with van der Waals surface area (Å²) < 4.78 is 5.26. The standard InChI is InChI=1S/C36H29NS/c1-35(2)29-21-22(37-30-14-8-5-11-24(30)25-12-6-9-15-31(25)37)17-18-23(29)27-19-20-28-26-13-7-10-16-32(26)38-34(28)33(27)36(35,3)4/h5-21H,1-4H3. The minimum Gasteiger partial charge on any atom is -0.309 e. The summed E-state index contributed by atoms with van der Waals surface area (Å²) in [5.74, 6) is 0. The summed E-state index contributed by atoms with van der Waals surface area (Å²) in [6.07, 6.45) is 0. The predicted molar refractivity (Wildman–Crippen MR) is 165 cm³/mol. The second-order valence-electron chi connectivity index (χ2n) is 11.8. The molecule has 5 aromatic carbocycles. The summed E-state index contributed by atoms with van der Waals surface area (Å²) in [6.45, 7) is 9.78.